The molecule has 1 aliphatic carbocycles. The van der Waals surface area contributed by atoms with Gasteiger partial charge in [-0.05, 0) is 49.9 Å². The molecule has 14 heavy (non-hydrogen) atoms. The van der Waals surface area contributed by atoms with E-state index in [2.05, 4.69) is 0 Å². The van der Waals surface area contributed by atoms with Crippen molar-refractivity contribution in [3.05, 3.63) is 33.8 Å². The lowest BCUT2D eigenvalue weighted by Gasteiger charge is -2.06. The smallest absolute Gasteiger partial charge is 0.167 e. The molecule has 0 heterocycles. The maximum atomic E-state index is 11.8. The van der Waals surface area contributed by atoms with Crippen LogP contribution >= 0.6 is 11.6 Å². The first-order valence-corrected chi connectivity index (χ1v) is 5.28. The highest BCUT2D eigenvalue weighted by atomic mass is 35.5. The highest BCUT2D eigenvalue weighted by molar-refractivity contribution is 6.34. The van der Waals surface area contributed by atoms with Crippen LogP contribution in [-0.2, 0) is 0 Å². The summed E-state index contributed by atoms with van der Waals surface area (Å²) in [7, 11) is 0. The molecule has 0 atom stereocenters. The number of benzene rings is 1. The van der Waals surface area contributed by atoms with Crippen molar-refractivity contribution in [3.63, 3.8) is 0 Å². The van der Waals surface area contributed by atoms with Crippen LogP contribution in [0.25, 0.3) is 0 Å². The first-order valence-electron chi connectivity index (χ1n) is 4.90. The maximum Gasteiger partial charge on any atom is 0.167 e. The molecule has 1 saturated carbocycles. The maximum absolute atomic E-state index is 11.8. The summed E-state index contributed by atoms with van der Waals surface area (Å²) in [6.07, 6.45) is 2.06. The van der Waals surface area contributed by atoms with Gasteiger partial charge in [0, 0.05) is 11.5 Å². The first kappa shape index (κ1) is 9.72. The van der Waals surface area contributed by atoms with Gasteiger partial charge in [0.15, 0.2) is 5.78 Å². The van der Waals surface area contributed by atoms with Crippen molar-refractivity contribution in [1.29, 1.82) is 0 Å². The largest absolute Gasteiger partial charge is 0.294 e. The molecule has 0 saturated heterocycles. The Morgan fingerprint density at radius 1 is 1.29 bits per heavy atom. The summed E-state index contributed by atoms with van der Waals surface area (Å²) in [4.78, 5) is 11.8. The lowest BCUT2D eigenvalue weighted by molar-refractivity contribution is 0.0967. The van der Waals surface area contributed by atoms with Gasteiger partial charge in [-0.3, -0.25) is 4.79 Å². The van der Waals surface area contributed by atoms with E-state index in [0.29, 0.717) is 10.6 Å². The van der Waals surface area contributed by atoms with Crippen LogP contribution in [0.4, 0.5) is 0 Å². The van der Waals surface area contributed by atoms with Crippen molar-refractivity contribution in [2.45, 2.75) is 26.7 Å². The van der Waals surface area contributed by atoms with Gasteiger partial charge in [-0.15, -0.1) is 0 Å². The number of carbonyl (C=O) groups excluding carboxylic acids is 1. The Labute approximate surface area is 89.1 Å². The third kappa shape index (κ3) is 1.69. The van der Waals surface area contributed by atoms with Crippen molar-refractivity contribution in [2.24, 2.45) is 5.92 Å². The second-order valence-electron chi connectivity index (χ2n) is 4.05. The molecular weight excluding hydrogens is 196 g/mol. The molecule has 0 spiro atoms. The highest BCUT2D eigenvalue weighted by Gasteiger charge is 2.31. The first-order chi connectivity index (χ1) is 6.59. The van der Waals surface area contributed by atoms with Gasteiger partial charge in [-0.25, -0.2) is 0 Å². The van der Waals surface area contributed by atoms with Crippen molar-refractivity contribution in [3.8, 4) is 0 Å². The number of rotatable bonds is 2. The lowest BCUT2D eigenvalue weighted by atomic mass is 10.0. The van der Waals surface area contributed by atoms with Crippen molar-refractivity contribution in [2.75, 3.05) is 0 Å². The van der Waals surface area contributed by atoms with Crippen LogP contribution < -0.4 is 0 Å². The van der Waals surface area contributed by atoms with E-state index in [4.69, 9.17) is 11.6 Å². The van der Waals surface area contributed by atoms with Gasteiger partial charge in [0.25, 0.3) is 0 Å². The zero-order valence-corrected chi connectivity index (χ0v) is 9.19. The van der Waals surface area contributed by atoms with E-state index in [-0.39, 0.29) is 11.7 Å². The lowest BCUT2D eigenvalue weighted by Crippen LogP contribution is -2.03. The number of hydrogen-bond donors (Lipinski definition) is 0. The van der Waals surface area contributed by atoms with E-state index in [1.807, 2.05) is 26.0 Å². The predicted octanol–water partition coefficient (Wildman–Crippen LogP) is 3.55. The molecular formula is C12H13ClO. The quantitative estimate of drug-likeness (QED) is 0.680. The Hall–Kier alpha value is -0.820. The summed E-state index contributed by atoms with van der Waals surface area (Å²) >= 11 is 6.05. The Bertz CT molecular complexity index is 392. The molecule has 0 radical (unpaired) electrons. The molecule has 1 nitrogen and oxygen atoms in total. The average Bonchev–Trinajstić information content (AvgIpc) is 2.93. The summed E-state index contributed by atoms with van der Waals surface area (Å²) in [6, 6.07) is 3.80. The summed E-state index contributed by atoms with van der Waals surface area (Å²) in [6.45, 7) is 4.02. The normalized spacial score (nSPS) is 15.6. The summed E-state index contributed by atoms with van der Waals surface area (Å²) < 4.78 is 0. The molecule has 1 fully saturated rings. The van der Waals surface area contributed by atoms with Gasteiger partial charge in [-0.2, -0.15) is 0 Å². The Balaban J connectivity index is 2.41. The Morgan fingerprint density at radius 2 is 1.86 bits per heavy atom. The number of carbonyl (C=O) groups is 1. The van der Waals surface area contributed by atoms with Crippen LogP contribution in [0.5, 0.6) is 0 Å². The topological polar surface area (TPSA) is 17.1 Å². The third-order valence-electron chi connectivity index (χ3n) is 2.80. The second-order valence-corrected chi connectivity index (χ2v) is 4.46. The van der Waals surface area contributed by atoms with Gasteiger partial charge in [0.1, 0.15) is 0 Å². The SMILES string of the molecule is Cc1cc(Cl)c(C(=O)C2CC2)cc1C. The van der Waals surface area contributed by atoms with Crippen LogP contribution in [0, 0.1) is 19.8 Å². The minimum atomic E-state index is 0.220. The Kier molecular flexibility index (Phi) is 2.36. The number of Topliss-reactive ketones (excluding diaryl/α,β-unsaturated/α-hetero) is 1. The molecule has 0 aliphatic heterocycles. The van der Waals surface area contributed by atoms with Gasteiger partial charge >= 0.3 is 0 Å². The molecule has 2 rings (SSSR count). The van der Waals surface area contributed by atoms with Crippen LogP contribution in [0.3, 0.4) is 0 Å². The Morgan fingerprint density at radius 3 is 2.43 bits per heavy atom. The van der Waals surface area contributed by atoms with Crippen molar-refractivity contribution in [1.82, 2.24) is 0 Å². The molecule has 0 N–H and O–H groups in total. The number of aryl methyl sites for hydroxylation is 2. The van der Waals surface area contributed by atoms with E-state index in [1.165, 1.54) is 0 Å². The third-order valence-corrected chi connectivity index (χ3v) is 3.11. The van der Waals surface area contributed by atoms with Crippen molar-refractivity contribution >= 4 is 17.4 Å². The zero-order chi connectivity index (χ0) is 10.3. The number of hydrogen-bond acceptors (Lipinski definition) is 1. The minimum absolute atomic E-state index is 0.220. The van der Waals surface area contributed by atoms with Crippen LogP contribution in [0.15, 0.2) is 12.1 Å². The van der Waals surface area contributed by atoms with Gasteiger partial charge in [-0.1, -0.05) is 11.6 Å². The molecule has 74 valence electrons. The number of ketones is 1. The van der Waals surface area contributed by atoms with Crippen LogP contribution in [-0.4, -0.2) is 5.78 Å². The second kappa shape index (κ2) is 3.39. The monoisotopic (exact) mass is 208 g/mol. The summed E-state index contributed by atoms with van der Waals surface area (Å²) in [5, 5.41) is 0.602. The molecule has 1 aromatic carbocycles. The summed E-state index contributed by atoms with van der Waals surface area (Å²) in [5.74, 6) is 0.465. The molecule has 0 unspecified atom stereocenters. The fourth-order valence-corrected chi connectivity index (χ4v) is 1.85. The molecule has 1 aromatic rings. The zero-order valence-electron chi connectivity index (χ0n) is 8.43. The van der Waals surface area contributed by atoms with Crippen LogP contribution in [0.1, 0.15) is 34.3 Å². The van der Waals surface area contributed by atoms with Gasteiger partial charge < -0.3 is 0 Å². The van der Waals surface area contributed by atoms with E-state index >= 15 is 0 Å². The molecule has 0 bridgehead atoms. The van der Waals surface area contributed by atoms with Crippen molar-refractivity contribution < 1.29 is 4.79 Å². The van der Waals surface area contributed by atoms with Gasteiger partial charge in [0.2, 0.25) is 0 Å². The minimum Gasteiger partial charge on any atom is -0.294 e. The molecule has 1 aliphatic rings. The van der Waals surface area contributed by atoms with E-state index in [0.717, 1.165) is 24.0 Å². The van der Waals surface area contributed by atoms with E-state index in [1.54, 1.807) is 0 Å². The number of halogens is 1. The highest BCUT2D eigenvalue weighted by Crippen LogP contribution is 2.35. The van der Waals surface area contributed by atoms with Crippen LogP contribution in [0.2, 0.25) is 5.02 Å². The standard InChI is InChI=1S/C12H13ClO/c1-7-5-10(11(13)6-8(7)2)12(14)9-3-4-9/h5-6,9H,3-4H2,1-2H3. The molecule has 0 aromatic heterocycles. The molecule has 2 heteroatoms. The van der Waals surface area contributed by atoms with E-state index in [9.17, 15) is 4.79 Å². The summed E-state index contributed by atoms with van der Waals surface area (Å²) in [5.41, 5.74) is 2.98. The van der Waals surface area contributed by atoms with Gasteiger partial charge in [0.05, 0.1) is 5.02 Å². The van der Waals surface area contributed by atoms with E-state index < -0.39 is 0 Å². The fourth-order valence-electron chi connectivity index (χ4n) is 1.54. The average molecular weight is 209 g/mol. The molecule has 0 amide bonds. The fraction of sp³-hybridized carbons (Fsp3) is 0.417. The predicted molar refractivity (Wildman–Crippen MR) is 58.0 cm³/mol.